The van der Waals surface area contributed by atoms with Crippen LogP contribution in [0.25, 0.3) is 11.1 Å². The fraction of sp³-hybridized carbons (Fsp3) is 0.250. The molecule has 0 aliphatic heterocycles. The molecule has 2 aromatic rings. The van der Waals surface area contributed by atoms with Gasteiger partial charge in [0.2, 0.25) is 0 Å². The molecule has 0 spiro atoms. The van der Waals surface area contributed by atoms with Crippen LogP contribution < -0.4 is 5.73 Å². The largest absolute Gasteiger partial charge is 0.397 e. The van der Waals surface area contributed by atoms with E-state index in [-0.39, 0.29) is 5.02 Å². The van der Waals surface area contributed by atoms with Gasteiger partial charge in [-0.05, 0) is 26.0 Å². The van der Waals surface area contributed by atoms with Gasteiger partial charge in [0, 0.05) is 23.9 Å². The summed E-state index contributed by atoms with van der Waals surface area (Å²) in [6.45, 7) is 4.60. The number of hydrogen-bond acceptors (Lipinski definition) is 2. The van der Waals surface area contributed by atoms with Gasteiger partial charge in [0.15, 0.2) is 0 Å². The van der Waals surface area contributed by atoms with Crippen molar-refractivity contribution < 1.29 is 4.39 Å². The molecule has 0 radical (unpaired) electrons. The molecule has 2 rings (SSSR count). The Bertz CT molecular complexity index is 563. The standard InChI is InChI=1S/C12H13ClFN3/c1-3-17-6-10(7(2)16-17)9-4-8(14)5-11(13)12(9)15/h4-6H,3,15H2,1-2H3. The van der Waals surface area contributed by atoms with Gasteiger partial charge in [-0.3, -0.25) is 4.68 Å². The summed E-state index contributed by atoms with van der Waals surface area (Å²) in [5.41, 5.74) is 8.46. The first-order valence-corrected chi connectivity index (χ1v) is 5.69. The fourth-order valence-corrected chi connectivity index (χ4v) is 1.96. The van der Waals surface area contributed by atoms with Gasteiger partial charge in [-0.15, -0.1) is 0 Å². The number of hydrogen-bond donors (Lipinski definition) is 1. The molecule has 17 heavy (non-hydrogen) atoms. The lowest BCUT2D eigenvalue weighted by Crippen LogP contribution is -1.93. The van der Waals surface area contributed by atoms with E-state index in [1.165, 1.54) is 12.1 Å². The second-order valence-corrected chi connectivity index (χ2v) is 4.24. The molecule has 1 heterocycles. The molecular weight excluding hydrogens is 241 g/mol. The van der Waals surface area contributed by atoms with Crippen molar-refractivity contribution in [1.82, 2.24) is 9.78 Å². The monoisotopic (exact) mass is 253 g/mol. The zero-order valence-electron chi connectivity index (χ0n) is 9.67. The van der Waals surface area contributed by atoms with Crippen LogP contribution in [0.1, 0.15) is 12.6 Å². The van der Waals surface area contributed by atoms with Crippen LogP contribution in [-0.2, 0) is 6.54 Å². The van der Waals surface area contributed by atoms with Crippen molar-refractivity contribution in [2.24, 2.45) is 0 Å². The molecule has 1 aromatic heterocycles. The van der Waals surface area contributed by atoms with Gasteiger partial charge >= 0.3 is 0 Å². The molecule has 1 aromatic carbocycles. The van der Waals surface area contributed by atoms with Crippen LogP contribution in [0.3, 0.4) is 0 Å². The second kappa shape index (κ2) is 4.37. The first kappa shape index (κ1) is 11.9. The van der Waals surface area contributed by atoms with Crippen molar-refractivity contribution in [2.45, 2.75) is 20.4 Å². The van der Waals surface area contributed by atoms with Crippen LogP contribution in [0.2, 0.25) is 5.02 Å². The summed E-state index contributed by atoms with van der Waals surface area (Å²) in [5, 5.41) is 4.53. The maximum atomic E-state index is 13.3. The van der Waals surface area contributed by atoms with Gasteiger partial charge in [-0.2, -0.15) is 5.10 Å². The van der Waals surface area contributed by atoms with E-state index < -0.39 is 5.82 Å². The van der Waals surface area contributed by atoms with Crippen LogP contribution in [0.5, 0.6) is 0 Å². The van der Waals surface area contributed by atoms with E-state index in [4.69, 9.17) is 17.3 Å². The molecule has 3 nitrogen and oxygen atoms in total. The molecule has 5 heteroatoms. The van der Waals surface area contributed by atoms with Gasteiger partial charge in [-0.25, -0.2) is 4.39 Å². The summed E-state index contributed by atoms with van der Waals surface area (Å²) in [6, 6.07) is 2.59. The quantitative estimate of drug-likeness (QED) is 0.835. The lowest BCUT2D eigenvalue weighted by Gasteiger charge is -2.06. The molecule has 90 valence electrons. The molecule has 0 atom stereocenters. The number of aromatic nitrogens is 2. The van der Waals surface area contributed by atoms with E-state index >= 15 is 0 Å². The van der Waals surface area contributed by atoms with Crippen molar-refractivity contribution in [3.63, 3.8) is 0 Å². The van der Waals surface area contributed by atoms with Crippen molar-refractivity contribution in [3.8, 4) is 11.1 Å². The van der Waals surface area contributed by atoms with Gasteiger partial charge < -0.3 is 5.73 Å². The average molecular weight is 254 g/mol. The number of rotatable bonds is 2. The Morgan fingerprint density at radius 3 is 2.71 bits per heavy atom. The lowest BCUT2D eigenvalue weighted by molar-refractivity contribution is 0.628. The van der Waals surface area contributed by atoms with Crippen LogP contribution in [0, 0.1) is 12.7 Å². The highest BCUT2D eigenvalue weighted by molar-refractivity contribution is 6.33. The fourth-order valence-electron chi connectivity index (χ4n) is 1.75. The molecule has 0 bridgehead atoms. The molecule has 0 fully saturated rings. The Kier molecular flexibility index (Phi) is 3.07. The number of halogens is 2. The minimum Gasteiger partial charge on any atom is -0.397 e. The summed E-state index contributed by atoms with van der Waals surface area (Å²) in [7, 11) is 0. The molecule has 0 unspecified atom stereocenters. The number of aryl methyl sites for hydroxylation is 2. The first-order chi connectivity index (χ1) is 8.02. The predicted molar refractivity (Wildman–Crippen MR) is 67.5 cm³/mol. The zero-order valence-corrected chi connectivity index (χ0v) is 10.4. The van der Waals surface area contributed by atoms with Crippen molar-refractivity contribution >= 4 is 17.3 Å². The maximum Gasteiger partial charge on any atom is 0.125 e. The third-order valence-corrected chi connectivity index (χ3v) is 2.97. The third-order valence-electron chi connectivity index (χ3n) is 2.65. The summed E-state index contributed by atoms with van der Waals surface area (Å²) in [4.78, 5) is 0. The van der Waals surface area contributed by atoms with Gasteiger partial charge in [0.25, 0.3) is 0 Å². The van der Waals surface area contributed by atoms with Crippen molar-refractivity contribution in [1.29, 1.82) is 0 Å². The molecule has 0 aliphatic carbocycles. The van der Waals surface area contributed by atoms with Gasteiger partial charge in [-0.1, -0.05) is 11.6 Å². The minimum atomic E-state index is -0.400. The highest BCUT2D eigenvalue weighted by Crippen LogP contribution is 2.34. The lowest BCUT2D eigenvalue weighted by atomic mass is 10.0. The summed E-state index contributed by atoms with van der Waals surface area (Å²) >= 11 is 5.87. The third kappa shape index (κ3) is 2.13. The highest BCUT2D eigenvalue weighted by Gasteiger charge is 2.13. The van der Waals surface area contributed by atoms with E-state index in [1.807, 2.05) is 20.0 Å². The molecule has 0 saturated heterocycles. The van der Waals surface area contributed by atoms with E-state index in [0.29, 0.717) is 11.3 Å². The van der Waals surface area contributed by atoms with E-state index in [1.54, 1.807) is 4.68 Å². The topological polar surface area (TPSA) is 43.8 Å². The molecular formula is C12H13ClFN3. The number of nitrogens with two attached hydrogens (primary N) is 1. The summed E-state index contributed by atoms with van der Waals surface area (Å²) in [5.74, 6) is -0.400. The Hall–Kier alpha value is -1.55. The van der Waals surface area contributed by atoms with Crippen LogP contribution in [0.4, 0.5) is 10.1 Å². The Morgan fingerprint density at radius 1 is 1.41 bits per heavy atom. The number of nitrogens with zero attached hydrogens (tertiary/aromatic N) is 2. The van der Waals surface area contributed by atoms with Gasteiger partial charge in [0.05, 0.1) is 16.4 Å². The zero-order chi connectivity index (χ0) is 12.6. The predicted octanol–water partition coefficient (Wildman–Crippen LogP) is 3.25. The summed E-state index contributed by atoms with van der Waals surface area (Å²) in [6.07, 6.45) is 1.84. The normalized spacial score (nSPS) is 10.8. The Labute approximate surface area is 104 Å². The van der Waals surface area contributed by atoms with Crippen molar-refractivity contribution in [3.05, 3.63) is 34.9 Å². The van der Waals surface area contributed by atoms with Crippen molar-refractivity contribution in [2.75, 3.05) is 5.73 Å². The average Bonchev–Trinajstić information content (AvgIpc) is 2.65. The minimum absolute atomic E-state index is 0.226. The van der Waals surface area contributed by atoms with Gasteiger partial charge in [0.1, 0.15) is 5.82 Å². The van der Waals surface area contributed by atoms with Crippen LogP contribution >= 0.6 is 11.6 Å². The highest BCUT2D eigenvalue weighted by atomic mass is 35.5. The SMILES string of the molecule is CCn1cc(-c2cc(F)cc(Cl)c2N)c(C)n1. The van der Waals surface area contributed by atoms with E-state index in [2.05, 4.69) is 5.10 Å². The van der Waals surface area contributed by atoms with E-state index in [0.717, 1.165) is 17.8 Å². The number of nitrogen functional groups attached to an aromatic ring is 1. The summed E-state index contributed by atoms with van der Waals surface area (Å²) < 4.78 is 15.1. The Balaban J connectivity index is 2.63. The van der Waals surface area contributed by atoms with Crippen LogP contribution in [-0.4, -0.2) is 9.78 Å². The molecule has 0 aliphatic rings. The van der Waals surface area contributed by atoms with Crippen LogP contribution in [0.15, 0.2) is 18.3 Å². The second-order valence-electron chi connectivity index (χ2n) is 3.83. The van der Waals surface area contributed by atoms with E-state index in [9.17, 15) is 4.39 Å². The number of benzene rings is 1. The smallest absolute Gasteiger partial charge is 0.125 e. The molecule has 0 saturated carbocycles. The molecule has 2 N–H and O–H groups in total. The first-order valence-electron chi connectivity index (χ1n) is 5.32. The maximum absolute atomic E-state index is 13.3. The molecule has 0 amide bonds. The Morgan fingerprint density at radius 2 is 2.12 bits per heavy atom. The number of anilines is 1.